The van der Waals surface area contributed by atoms with Crippen LogP contribution in [0.5, 0.6) is 5.75 Å². The van der Waals surface area contributed by atoms with Crippen LogP contribution in [0.25, 0.3) is 0 Å². The Morgan fingerprint density at radius 3 is 2.60 bits per heavy atom. The second kappa shape index (κ2) is 6.51. The van der Waals surface area contributed by atoms with Crippen molar-refractivity contribution in [2.45, 2.75) is 6.04 Å². The summed E-state index contributed by atoms with van der Waals surface area (Å²) >= 11 is 12.1. The summed E-state index contributed by atoms with van der Waals surface area (Å²) in [6.45, 7) is 0. The van der Waals surface area contributed by atoms with Crippen molar-refractivity contribution in [1.82, 2.24) is 0 Å². The third-order valence-corrected chi connectivity index (χ3v) is 3.66. The first-order valence-corrected chi connectivity index (χ1v) is 6.66. The number of anilines is 1. The summed E-state index contributed by atoms with van der Waals surface area (Å²) in [4.78, 5) is 0. The molecule has 2 aromatic carbocycles. The maximum absolute atomic E-state index is 9.36. The molecule has 0 bridgehead atoms. The van der Waals surface area contributed by atoms with Crippen molar-refractivity contribution in [3.05, 3.63) is 58.1 Å². The Morgan fingerprint density at radius 1 is 1.15 bits per heavy atom. The molecule has 0 saturated heterocycles. The van der Waals surface area contributed by atoms with E-state index in [0.29, 0.717) is 21.4 Å². The summed E-state index contributed by atoms with van der Waals surface area (Å²) in [5, 5.41) is 13.3. The number of hydrogen-bond acceptors (Lipinski definition) is 3. The molecule has 1 atom stereocenters. The monoisotopic (exact) mass is 306 g/mol. The van der Waals surface area contributed by atoms with Crippen LogP contribution < -0.4 is 10.1 Å². The van der Waals surface area contributed by atoms with E-state index < -0.39 is 6.04 Å². The molecule has 0 aromatic heterocycles. The molecule has 102 valence electrons. The summed E-state index contributed by atoms with van der Waals surface area (Å²) in [5.41, 5.74) is 1.35. The fourth-order valence-corrected chi connectivity index (χ4v) is 2.26. The molecule has 2 rings (SSSR count). The zero-order valence-corrected chi connectivity index (χ0v) is 12.2. The van der Waals surface area contributed by atoms with Gasteiger partial charge in [0.2, 0.25) is 0 Å². The number of nitrogens with one attached hydrogen (secondary N) is 1. The number of halogens is 2. The van der Waals surface area contributed by atoms with E-state index in [1.165, 1.54) is 0 Å². The summed E-state index contributed by atoms with van der Waals surface area (Å²) in [6.07, 6.45) is 0. The van der Waals surface area contributed by atoms with Gasteiger partial charge in [-0.3, -0.25) is 0 Å². The number of para-hydroxylation sites is 2. The highest BCUT2D eigenvalue weighted by atomic mass is 35.5. The Kier molecular flexibility index (Phi) is 4.73. The molecule has 0 radical (unpaired) electrons. The van der Waals surface area contributed by atoms with Crippen LogP contribution in [0.4, 0.5) is 5.69 Å². The predicted molar refractivity (Wildman–Crippen MR) is 81.4 cm³/mol. The number of nitriles is 1. The van der Waals surface area contributed by atoms with Crippen LogP contribution in [0.3, 0.4) is 0 Å². The Balaban J connectivity index is 2.35. The van der Waals surface area contributed by atoms with Crippen LogP contribution in [0.2, 0.25) is 10.0 Å². The van der Waals surface area contributed by atoms with Crippen molar-refractivity contribution in [1.29, 1.82) is 5.26 Å². The van der Waals surface area contributed by atoms with Gasteiger partial charge in [0.15, 0.2) is 0 Å². The van der Waals surface area contributed by atoms with Crippen molar-refractivity contribution >= 4 is 28.9 Å². The molecule has 0 aliphatic carbocycles. The highest BCUT2D eigenvalue weighted by Crippen LogP contribution is 2.33. The van der Waals surface area contributed by atoms with Crippen molar-refractivity contribution < 1.29 is 4.74 Å². The molecule has 0 fully saturated rings. The first-order chi connectivity index (χ1) is 9.67. The van der Waals surface area contributed by atoms with Crippen LogP contribution in [0.1, 0.15) is 11.6 Å². The lowest BCUT2D eigenvalue weighted by Crippen LogP contribution is -2.10. The molecule has 0 heterocycles. The average Bonchev–Trinajstić information content (AvgIpc) is 2.48. The molecule has 20 heavy (non-hydrogen) atoms. The normalized spacial score (nSPS) is 11.5. The summed E-state index contributed by atoms with van der Waals surface area (Å²) in [5.74, 6) is 0.658. The zero-order valence-electron chi connectivity index (χ0n) is 10.7. The summed E-state index contributed by atoms with van der Waals surface area (Å²) in [7, 11) is 1.58. The molecule has 0 saturated carbocycles. The van der Waals surface area contributed by atoms with Crippen LogP contribution in [0.15, 0.2) is 42.5 Å². The number of rotatable bonds is 4. The third-order valence-electron chi connectivity index (χ3n) is 2.83. The van der Waals surface area contributed by atoms with E-state index in [2.05, 4.69) is 11.4 Å². The van der Waals surface area contributed by atoms with Gasteiger partial charge in [-0.25, -0.2) is 0 Å². The number of hydrogen-bond donors (Lipinski definition) is 1. The standard InChI is InChI=1S/C15H12Cl2N2O/c1-20-14-8-3-2-7-12(14)19-13(9-18)10-5-4-6-11(16)15(10)17/h2-8,13,19H,1H3. The molecule has 5 heteroatoms. The Labute approximate surface area is 127 Å². The lowest BCUT2D eigenvalue weighted by Gasteiger charge is -2.17. The van der Waals surface area contributed by atoms with Gasteiger partial charge in [0, 0.05) is 5.56 Å². The van der Waals surface area contributed by atoms with E-state index in [-0.39, 0.29) is 0 Å². The van der Waals surface area contributed by atoms with Gasteiger partial charge < -0.3 is 10.1 Å². The highest BCUT2D eigenvalue weighted by molar-refractivity contribution is 6.42. The van der Waals surface area contributed by atoms with Gasteiger partial charge in [-0.05, 0) is 18.2 Å². The maximum Gasteiger partial charge on any atom is 0.141 e. The van der Waals surface area contributed by atoms with Gasteiger partial charge in [0.25, 0.3) is 0 Å². The number of benzene rings is 2. The number of methoxy groups -OCH3 is 1. The Morgan fingerprint density at radius 2 is 1.90 bits per heavy atom. The minimum absolute atomic E-state index is 0.378. The van der Waals surface area contributed by atoms with Gasteiger partial charge >= 0.3 is 0 Å². The molecule has 0 aliphatic heterocycles. The Hall–Kier alpha value is -1.89. The van der Waals surface area contributed by atoms with E-state index in [1.807, 2.05) is 24.3 Å². The third kappa shape index (κ3) is 2.98. The van der Waals surface area contributed by atoms with E-state index in [0.717, 1.165) is 5.69 Å². The van der Waals surface area contributed by atoms with Crippen LogP contribution >= 0.6 is 23.2 Å². The van der Waals surface area contributed by atoms with Gasteiger partial charge in [0.05, 0.1) is 28.9 Å². The zero-order chi connectivity index (χ0) is 14.5. The fourth-order valence-electron chi connectivity index (χ4n) is 1.84. The van der Waals surface area contributed by atoms with E-state index in [4.69, 9.17) is 27.9 Å². The van der Waals surface area contributed by atoms with Crippen molar-refractivity contribution in [2.24, 2.45) is 0 Å². The molecular weight excluding hydrogens is 295 g/mol. The first-order valence-electron chi connectivity index (χ1n) is 5.90. The Bertz CT molecular complexity index is 653. The SMILES string of the molecule is COc1ccccc1NC(C#N)c1cccc(Cl)c1Cl. The topological polar surface area (TPSA) is 45.0 Å². The lowest BCUT2D eigenvalue weighted by atomic mass is 10.1. The van der Waals surface area contributed by atoms with Crippen molar-refractivity contribution in [3.63, 3.8) is 0 Å². The minimum atomic E-state index is -0.613. The van der Waals surface area contributed by atoms with Crippen LogP contribution in [-0.2, 0) is 0 Å². The summed E-state index contributed by atoms with van der Waals surface area (Å²) in [6, 6.07) is 14.1. The molecule has 2 aromatic rings. The highest BCUT2D eigenvalue weighted by Gasteiger charge is 2.17. The second-order valence-corrected chi connectivity index (χ2v) is 4.83. The van der Waals surface area contributed by atoms with Crippen LogP contribution in [0, 0.1) is 11.3 Å². The molecular formula is C15H12Cl2N2O. The summed E-state index contributed by atoms with van der Waals surface area (Å²) < 4.78 is 5.25. The van der Waals surface area contributed by atoms with E-state index in [9.17, 15) is 5.26 Å². The first kappa shape index (κ1) is 14.5. The van der Waals surface area contributed by atoms with E-state index in [1.54, 1.807) is 25.3 Å². The van der Waals surface area contributed by atoms with Crippen molar-refractivity contribution in [2.75, 3.05) is 12.4 Å². The van der Waals surface area contributed by atoms with Gasteiger partial charge in [-0.15, -0.1) is 0 Å². The molecule has 0 aliphatic rings. The number of ether oxygens (including phenoxy) is 1. The molecule has 3 nitrogen and oxygen atoms in total. The fraction of sp³-hybridized carbons (Fsp3) is 0.133. The van der Waals surface area contributed by atoms with Gasteiger partial charge in [0.1, 0.15) is 11.8 Å². The predicted octanol–water partition coefficient (Wildman–Crippen LogP) is 4.68. The molecule has 1 unspecified atom stereocenters. The molecule has 1 N–H and O–H groups in total. The number of nitrogens with zero attached hydrogens (tertiary/aromatic N) is 1. The average molecular weight is 307 g/mol. The van der Waals surface area contributed by atoms with Crippen molar-refractivity contribution in [3.8, 4) is 11.8 Å². The van der Waals surface area contributed by atoms with Crippen LogP contribution in [-0.4, -0.2) is 7.11 Å². The largest absolute Gasteiger partial charge is 0.495 e. The molecule has 0 amide bonds. The lowest BCUT2D eigenvalue weighted by molar-refractivity contribution is 0.416. The quantitative estimate of drug-likeness (QED) is 0.892. The maximum atomic E-state index is 9.36. The molecule has 0 spiro atoms. The van der Waals surface area contributed by atoms with Gasteiger partial charge in [-0.2, -0.15) is 5.26 Å². The second-order valence-electron chi connectivity index (χ2n) is 4.05. The smallest absolute Gasteiger partial charge is 0.141 e. The minimum Gasteiger partial charge on any atom is -0.495 e. The van der Waals surface area contributed by atoms with E-state index >= 15 is 0 Å². The van der Waals surface area contributed by atoms with Gasteiger partial charge in [-0.1, -0.05) is 47.5 Å².